The largest absolute Gasteiger partial charge is 0.493 e. The van der Waals surface area contributed by atoms with E-state index in [-0.39, 0.29) is 0 Å². The van der Waals surface area contributed by atoms with E-state index in [9.17, 15) is 0 Å². The van der Waals surface area contributed by atoms with Gasteiger partial charge in [-0.15, -0.1) is 0 Å². The second kappa shape index (κ2) is 7.30. The van der Waals surface area contributed by atoms with E-state index in [0.29, 0.717) is 5.92 Å². The van der Waals surface area contributed by atoms with Gasteiger partial charge in [0.15, 0.2) is 0 Å². The molecular weight excluding hydrogens is 302 g/mol. The van der Waals surface area contributed by atoms with Crippen LogP contribution in [-0.4, -0.2) is 13.2 Å². The van der Waals surface area contributed by atoms with Crippen molar-refractivity contribution in [1.82, 2.24) is 5.32 Å². The Morgan fingerprint density at radius 3 is 2.79 bits per heavy atom. The highest BCUT2D eigenvalue weighted by atomic mass is 79.9. The molecule has 0 amide bonds. The van der Waals surface area contributed by atoms with E-state index in [2.05, 4.69) is 53.3 Å². The Hall–Kier alpha value is -0.540. The molecule has 3 heteroatoms. The first-order valence-corrected chi connectivity index (χ1v) is 8.06. The predicted octanol–water partition coefficient (Wildman–Crippen LogP) is 4.37. The highest BCUT2D eigenvalue weighted by Crippen LogP contribution is 2.28. The van der Waals surface area contributed by atoms with Gasteiger partial charge in [0.1, 0.15) is 5.75 Å². The van der Waals surface area contributed by atoms with Gasteiger partial charge < -0.3 is 10.1 Å². The lowest BCUT2D eigenvalue weighted by molar-refractivity contribution is 0.180. The monoisotopic (exact) mass is 325 g/mol. The third-order valence-corrected chi connectivity index (χ3v) is 4.37. The predicted molar refractivity (Wildman–Crippen MR) is 83.5 cm³/mol. The van der Waals surface area contributed by atoms with Gasteiger partial charge in [0.25, 0.3) is 0 Å². The fourth-order valence-electron chi connectivity index (χ4n) is 2.15. The summed E-state index contributed by atoms with van der Waals surface area (Å²) in [6, 6.07) is 6.28. The molecule has 19 heavy (non-hydrogen) atoms. The van der Waals surface area contributed by atoms with Crippen LogP contribution in [0.5, 0.6) is 5.75 Å². The number of nitrogens with one attached hydrogen (secondary N) is 1. The zero-order valence-corrected chi connectivity index (χ0v) is 13.5. The van der Waals surface area contributed by atoms with Crippen LogP contribution in [0.3, 0.4) is 0 Å². The van der Waals surface area contributed by atoms with Gasteiger partial charge in [-0.3, -0.25) is 0 Å². The summed E-state index contributed by atoms with van der Waals surface area (Å²) in [6.07, 6.45) is 4.04. The molecule has 106 valence electrons. The maximum absolute atomic E-state index is 5.88. The third kappa shape index (κ3) is 4.81. The second-order valence-corrected chi connectivity index (χ2v) is 6.74. The quantitative estimate of drug-likeness (QED) is 0.803. The number of rotatable bonds is 7. The molecule has 0 radical (unpaired) electrons. The molecule has 2 rings (SSSR count). The summed E-state index contributed by atoms with van der Waals surface area (Å²) in [5.41, 5.74) is 1.27. The molecule has 1 saturated carbocycles. The van der Waals surface area contributed by atoms with E-state index in [1.165, 1.54) is 24.8 Å². The van der Waals surface area contributed by atoms with Crippen LogP contribution in [0.15, 0.2) is 22.7 Å². The van der Waals surface area contributed by atoms with Crippen molar-refractivity contribution in [3.8, 4) is 5.75 Å². The van der Waals surface area contributed by atoms with Crippen molar-refractivity contribution >= 4 is 15.9 Å². The number of ether oxygens (including phenoxy) is 1. The Morgan fingerprint density at radius 1 is 1.37 bits per heavy atom. The van der Waals surface area contributed by atoms with Gasteiger partial charge in [0, 0.05) is 11.0 Å². The van der Waals surface area contributed by atoms with Gasteiger partial charge in [-0.2, -0.15) is 0 Å². The van der Waals surface area contributed by atoms with E-state index in [1.807, 2.05) is 0 Å². The van der Waals surface area contributed by atoms with Crippen LogP contribution in [0.2, 0.25) is 0 Å². The molecule has 0 bridgehead atoms. The molecule has 0 heterocycles. The van der Waals surface area contributed by atoms with Crippen molar-refractivity contribution in [2.45, 2.75) is 39.7 Å². The zero-order valence-electron chi connectivity index (χ0n) is 11.9. The first-order chi connectivity index (χ1) is 9.15. The number of hydrogen-bond acceptors (Lipinski definition) is 2. The van der Waals surface area contributed by atoms with Crippen molar-refractivity contribution in [2.75, 3.05) is 13.2 Å². The molecule has 0 aliphatic heterocycles. The lowest BCUT2D eigenvalue weighted by atomic mass is 9.86. The van der Waals surface area contributed by atoms with Gasteiger partial charge in [-0.05, 0) is 55.0 Å². The molecule has 1 aliphatic rings. The number of halogens is 1. The fraction of sp³-hybridized carbons (Fsp3) is 0.625. The fourth-order valence-corrected chi connectivity index (χ4v) is 2.53. The second-order valence-electron chi connectivity index (χ2n) is 5.89. The van der Waals surface area contributed by atoms with Gasteiger partial charge in [-0.25, -0.2) is 0 Å². The van der Waals surface area contributed by atoms with Gasteiger partial charge in [0.05, 0.1) is 6.61 Å². The average molecular weight is 326 g/mol. The minimum atomic E-state index is 0.678. The van der Waals surface area contributed by atoms with Crippen molar-refractivity contribution in [3.05, 3.63) is 28.2 Å². The minimum absolute atomic E-state index is 0.678. The van der Waals surface area contributed by atoms with Crippen LogP contribution in [0.4, 0.5) is 0 Å². The molecule has 1 aliphatic carbocycles. The first kappa shape index (κ1) is 14.9. The van der Waals surface area contributed by atoms with Crippen LogP contribution in [0.1, 0.15) is 38.7 Å². The molecule has 2 nitrogen and oxygen atoms in total. The summed E-state index contributed by atoms with van der Waals surface area (Å²) < 4.78 is 7.04. The van der Waals surface area contributed by atoms with Gasteiger partial charge >= 0.3 is 0 Å². The Bertz CT molecular complexity index is 402. The molecule has 1 fully saturated rings. The molecule has 0 spiro atoms. The minimum Gasteiger partial charge on any atom is -0.493 e. The summed E-state index contributed by atoms with van der Waals surface area (Å²) in [6.45, 7) is 7.25. The Morgan fingerprint density at radius 2 is 2.16 bits per heavy atom. The van der Waals surface area contributed by atoms with Gasteiger partial charge in [-0.1, -0.05) is 36.2 Å². The maximum Gasteiger partial charge on any atom is 0.119 e. The number of hydrogen-bond donors (Lipinski definition) is 1. The van der Waals surface area contributed by atoms with E-state index in [0.717, 1.165) is 35.8 Å². The van der Waals surface area contributed by atoms with E-state index >= 15 is 0 Å². The van der Waals surface area contributed by atoms with Crippen LogP contribution >= 0.6 is 15.9 Å². The lowest BCUT2D eigenvalue weighted by Crippen LogP contribution is -2.20. The van der Waals surface area contributed by atoms with E-state index in [4.69, 9.17) is 4.74 Å². The normalized spacial score (nSPS) is 15.6. The smallest absolute Gasteiger partial charge is 0.119 e. The summed E-state index contributed by atoms with van der Waals surface area (Å²) in [7, 11) is 0. The Labute approximate surface area is 125 Å². The Balaban J connectivity index is 1.86. The summed E-state index contributed by atoms with van der Waals surface area (Å²) in [5, 5.41) is 3.47. The molecule has 0 aromatic heterocycles. The van der Waals surface area contributed by atoms with E-state index < -0.39 is 0 Å². The average Bonchev–Trinajstić information content (AvgIpc) is 2.30. The highest BCUT2D eigenvalue weighted by molar-refractivity contribution is 9.10. The van der Waals surface area contributed by atoms with Crippen molar-refractivity contribution in [2.24, 2.45) is 11.8 Å². The number of benzene rings is 1. The molecule has 1 aromatic carbocycles. The van der Waals surface area contributed by atoms with Crippen LogP contribution in [0.25, 0.3) is 0 Å². The maximum atomic E-state index is 5.88. The standard InChI is InChI=1S/C16H24BrNO/c1-12(2)9-18-10-14-8-15(6-7-16(14)17)19-11-13-4-3-5-13/h6-8,12-13,18H,3-5,9-11H2,1-2H3. The molecule has 0 saturated heterocycles. The summed E-state index contributed by atoms with van der Waals surface area (Å²) in [5.74, 6) is 2.46. The third-order valence-electron chi connectivity index (χ3n) is 3.60. The molecular formula is C16H24BrNO. The summed E-state index contributed by atoms with van der Waals surface area (Å²) in [4.78, 5) is 0. The molecule has 1 aromatic rings. The molecule has 0 unspecified atom stereocenters. The lowest BCUT2D eigenvalue weighted by Gasteiger charge is -2.25. The van der Waals surface area contributed by atoms with Crippen LogP contribution in [-0.2, 0) is 6.54 Å². The zero-order chi connectivity index (χ0) is 13.7. The molecule has 0 atom stereocenters. The summed E-state index contributed by atoms with van der Waals surface area (Å²) >= 11 is 3.61. The molecule has 1 N–H and O–H groups in total. The van der Waals surface area contributed by atoms with E-state index in [1.54, 1.807) is 0 Å². The topological polar surface area (TPSA) is 21.3 Å². The van der Waals surface area contributed by atoms with Crippen LogP contribution in [0, 0.1) is 11.8 Å². The van der Waals surface area contributed by atoms with Crippen molar-refractivity contribution < 1.29 is 4.74 Å². The van der Waals surface area contributed by atoms with Gasteiger partial charge in [0.2, 0.25) is 0 Å². The SMILES string of the molecule is CC(C)CNCc1cc(OCC2CCC2)ccc1Br. The van der Waals surface area contributed by atoms with Crippen LogP contribution < -0.4 is 10.1 Å². The van der Waals surface area contributed by atoms with Crippen molar-refractivity contribution in [1.29, 1.82) is 0 Å². The Kier molecular flexibility index (Phi) is 5.71. The highest BCUT2D eigenvalue weighted by Gasteiger charge is 2.17. The van der Waals surface area contributed by atoms with Crippen molar-refractivity contribution in [3.63, 3.8) is 0 Å². The first-order valence-electron chi connectivity index (χ1n) is 7.27.